The number of aliphatic hydroxyl groups is 1. The van der Waals surface area contributed by atoms with E-state index in [1.807, 2.05) is 13.8 Å². The number of amides is 1. The first-order valence-corrected chi connectivity index (χ1v) is 17.8. The maximum Gasteiger partial charge on any atom is 0.258 e. The van der Waals surface area contributed by atoms with Crippen molar-refractivity contribution in [1.82, 2.24) is 9.21 Å². The van der Waals surface area contributed by atoms with Crippen molar-refractivity contribution in [2.75, 3.05) is 44.3 Å². The molecule has 2 aromatic rings. The van der Waals surface area contributed by atoms with Gasteiger partial charge in [0.2, 0.25) is 10.0 Å². The summed E-state index contributed by atoms with van der Waals surface area (Å²) in [6.45, 7) is 5.81. The molecule has 0 aliphatic carbocycles. The number of anilines is 1. The number of hydrogen-bond donors (Lipinski definition) is 2. The van der Waals surface area contributed by atoms with Gasteiger partial charge in [-0.05, 0) is 62.8 Å². The van der Waals surface area contributed by atoms with Crippen LogP contribution in [0.4, 0.5) is 5.69 Å². The third kappa shape index (κ3) is 9.13. The monoisotopic (exact) mass is 631 g/mol. The number of hydrogen-bond acceptors (Lipinski definition) is 9. The van der Waals surface area contributed by atoms with Crippen LogP contribution in [0.15, 0.2) is 39.9 Å². The molecule has 0 fully saturated rings. The first-order valence-electron chi connectivity index (χ1n) is 13.5. The van der Waals surface area contributed by atoms with Crippen LogP contribution in [0, 0.1) is 5.92 Å². The summed E-state index contributed by atoms with van der Waals surface area (Å²) in [6, 6.07) is 7.21. The number of aliphatic hydroxyl groups excluding tert-OH is 1. The van der Waals surface area contributed by atoms with Gasteiger partial charge in [-0.25, -0.2) is 16.8 Å². The van der Waals surface area contributed by atoms with Crippen molar-refractivity contribution in [3.8, 4) is 5.75 Å². The highest BCUT2D eigenvalue weighted by Crippen LogP contribution is 2.29. The minimum absolute atomic E-state index is 0.0788. The number of fused-ring (bicyclic) bond motifs is 1. The largest absolute Gasteiger partial charge is 0.490 e. The first kappa shape index (κ1) is 33.3. The lowest BCUT2D eigenvalue weighted by molar-refractivity contribution is -0.00832. The van der Waals surface area contributed by atoms with Crippen molar-refractivity contribution in [3.63, 3.8) is 0 Å². The van der Waals surface area contributed by atoms with Crippen LogP contribution in [0.5, 0.6) is 5.75 Å². The highest BCUT2D eigenvalue weighted by Gasteiger charge is 2.32. The van der Waals surface area contributed by atoms with E-state index in [0.717, 1.165) is 30.4 Å². The molecule has 3 rings (SSSR count). The lowest BCUT2D eigenvalue weighted by Gasteiger charge is -2.35. The Bertz CT molecular complexity index is 1370. The predicted octanol–water partition coefficient (Wildman–Crippen LogP) is 3.24. The molecule has 1 aromatic heterocycles. The number of benzene rings is 1. The number of rotatable bonds is 8. The van der Waals surface area contributed by atoms with E-state index in [1.54, 1.807) is 36.6 Å². The molecule has 1 aromatic carbocycles. The van der Waals surface area contributed by atoms with Crippen LogP contribution in [-0.4, -0.2) is 94.9 Å². The van der Waals surface area contributed by atoms with Gasteiger partial charge in [-0.2, -0.15) is 4.31 Å². The Kier molecular flexibility index (Phi) is 11.6. The standard InChI is InChI=1S/C27H41N3O8S3/c1-19-16-30(20(2)18-31)27(32)23-15-22(28-40(5,33)34)11-12-24(23)38-21(3)9-6-7-13-37-25(19)17-29(4)41(35,36)26-10-8-14-39-26/h8,10-12,14-15,19-21,25,28,31H,6-7,9,13,16-18H2,1-5H3/t19-,20-,21-,25+/m1/s1. The zero-order valence-corrected chi connectivity index (χ0v) is 26.6. The first-order chi connectivity index (χ1) is 19.2. The molecule has 4 atom stereocenters. The van der Waals surface area contributed by atoms with E-state index in [-0.39, 0.29) is 47.2 Å². The molecule has 2 N–H and O–H groups in total. The van der Waals surface area contributed by atoms with E-state index in [9.17, 15) is 26.7 Å². The molecule has 2 heterocycles. The second kappa shape index (κ2) is 14.3. The second-order valence-electron chi connectivity index (χ2n) is 10.6. The van der Waals surface area contributed by atoms with Crippen LogP contribution in [0.1, 0.15) is 50.4 Å². The normalized spacial score (nSPS) is 22.5. The fourth-order valence-electron chi connectivity index (χ4n) is 4.58. The molecule has 0 saturated carbocycles. The highest BCUT2D eigenvalue weighted by molar-refractivity contribution is 7.92. The van der Waals surface area contributed by atoms with Crippen molar-refractivity contribution in [2.24, 2.45) is 5.92 Å². The van der Waals surface area contributed by atoms with Gasteiger partial charge in [-0.15, -0.1) is 11.3 Å². The summed E-state index contributed by atoms with van der Waals surface area (Å²) in [7, 11) is -5.79. The van der Waals surface area contributed by atoms with Gasteiger partial charge in [0.05, 0.1) is 36.7 Å². The number of nitrogens with one attached hydrogen (secondary N) is 1. The molecule has 1 amide bonds. The van der Waals surface area contributed by atoms with Gasteiger partial charge in [-0.1, -0.05) is 13.0 Å². The third-order valence-electron chi connectivity index (χ3n) is 6.95. The van der Waals surface area contributed by atoms with E-state index in [1.165, 1.54) is 22.3 Å². The summed E-state index contributed by atoms with van der Waals surface area (Å²) in [5, 5.41) is 11.8. The van der Waals surface area contributed by atoms with Crippen molar-refractivity contribution in [2.45, 2.75) is 62.5 Å². The van der Waals surface area contributed by atoms with Crippen LogP contribution >= 0.6 is 11.3 Å². The highest BCUT2D eigenvalue weighted by atomic mass is 32.2. The molecule has 230 valence electrons. The third-order valence-corrected chi connectivity index (χ3v) is 10.8. The van der Waals surface area contributed by atoms with Crippen molar-refractivity contribution < 1.29 is 36.2 Å². The number of ether oxygens (including phenoxy) is 2. The lowest BCUT2D eigenvalue weighted by Crippen LogP contribution is -2.48. The SMILES string of the molecule is C[C@@H]1CCCCO[C@@H](CN(C)S(=O)(=O)c2cccs2)[C@H](C)CN([C@H](C)CO)C(=O)c2cc(NS(C)(=O)=O)ccc2O1. The Morgan fingerprint density at radius 2 is 1.93 bits per heavy atom. The number of nitrogens with zero attached hydrogens (tertiary/aromatic N) is 2. The Labute approximate surface area is 247 Å². The molecule has 0 saturated heterocycles. The molecule has 14 heteroatoms. The summed E-state index contributed by atoms with van der Waals surface area (Å²) < 4.78 is 66.3. The summed E-state index contributed by atoms with van der Waals surface area (Å²) in [4.78, 5) is 15.5. The average molecular weight is 632 g/mol. The summed E-state index contributed by atoms with van der Waals surface area (Å²) in [5.41, 5.74) is 0.369. The maximum atomic E-state index is 14.0. The lowest BCUT2D eigenvalue weighted by atomic mass is 10.0. The summed E-state index contributed by atoms with van der Waals surface area (Å²) in [6.07, 6.45) is 2.46. The predicted molar refractivity (Wildman–Crippen MR) is 159 cm³/mol. The summed E-state index contributed by atoms with van der Waals surface area (Å²) in [5.74, 6) is -0.457. The van der Waals surface area contributed by atoms with Crippen LogP contribution in [0.25, 0.3) is 0 Å². The molecular weight excluding hydrogens is 591 g/mol. The van der Waals surface area contributed by atoms with Gasteiger partial charge in [0.1, 0.15) is 9.96 Å². The Morgan fingerprint density at radius 1 is 1.20 bits per heavy atom. The molecule has 1 aliphatic heterocycles. The van der Waals surface area contributed by atoms with Gasteiger partial charge in [0, 0.05) is 38.3 Å². The van der Waals surface area contributed by atoms with Crippen molar-refractivity contribution in [1.29, 1.82) is 0 Å². The van der Waals surface area contributed by atoms with Crippen molar-refractivity contribution in [3.05, 3.63) is 41.3 Å². The Hall–Kier alpha value is -2.23. The minimum atomic E-state index is -3.71. The summed E-state index contributed by atoms with van der Waals surface area (Å²) >= 11 is 1.14. The van der Waals surface area contributed by atoms with Crippen LogP contribution < -0.4 is 9.46 Å². The Balaban J connectivity index is 1.98. The molecule has 0 radical (unpaired) electrons. The number of sulfonamides is 2. The maximum absolute atomic E-state index is 14.0. The van der Waals surface area contributed by atoms with Gasteiger partial charge in [0.15, 0.2) is 0 Å². The van der Waals surface area contributed by atoms with E-state index >= 15 is 0 Å². The van der Waals surface area contributed by atoms with Gasteiger partial charge in [-0.3, -0.25) is 9.52 Å². The van der Waals surface area contributed by atoms with E-state index in [0.29, 0.717) is 18.8 Å². The van der Waals surface area contributed by atoms with Gasteiger partial charge in [0.25, 0.3) is 15.9 Å². The van der Waals surface area contributed by atoms with Gasteiger partial charge < -0.3 is 19.5 Å². The molecule has 1 aliphatic rings. The number of carbonyl (C=O) groups excluding carboxylic acids is 1. The molecule has 41 heavy (non-hydrogen) atoms. The fourth-order valence-corrected chi connectivity index (χ4v) is 7.52. The molecule has 0 unspecified atom stereocenters. The van der Waals surface area contributed by atoms with Gasteiger partial charge >= 0.3 is 0 Å². The number of thiophene rings is 1. The second-order valence-corrected chi connectivity index (χ2v) is 15.6. The quantitative estimate of drug-likeness (QED) is 0.452. The fraction of sp³-hybridized carbons (Fsp3) is 0.593. The Morgan fingerprint density at radius 3 is 2.56 bits per heavy atom. The van der Waals surface area contributed by atoms with E-state index in [2.05, 4.69) is 4.72 Å². The topological polar surface area (TPSA) is 143 Å². The molecule has 0 spiro atoms. The van der Waals surface area contributed by atoms with Crippen LogP contribution in [0.2, 0.25) is 0 Å². The van der Waals surface area contributed by atoms with E-state index < -0.39 is 38.1 Å². The molecule has 11 nitrogen and oxygen atoms in total. The van der Waals surface area contributed by atoms with Crippen LogP contribution in [-0.2, 0) is 24.8 Å². The minimum Gasteiger partial charge on any atom is -0.490 e. The van der Waals surface area contributed by atoms with Crippen LogP contribution in [0.3, 0.4) is 0 Å². The number of likely N-dealkylation sites (N-methyl/N-ethyl adjacent to an activating group) is 1. The number of carbonyl (C=O) groups is 1. The van der Waals surface area contributed by atoms with Crippen molar-refractivity contribution >= 4 is 43.0 Å². The van der Waals surface area contributed by atoms with E-state index in [4.69, 9.17) is 9.47 Å². The molecule has 0 bridgehead atoms. The smallest absolute Gasteiger partial charge is 0.258 e. The zero-order chi connectivity index (χ0) is 30.4. The molecular formula is C27H41N3O8S3. The zero-order valence-electron chi connectivity index (χ0n) is 24.1. The average Bonchev–Trinajstić information content (AvgIpc) is 3.45.